The van der Waals surface area contributed by atoms with Crippen LogP contribution in [0.2, 0.25) is 0 Å². The normalized spacial score (nSPS) is 22.4. The second-order valence-corrected chi connectivity index (χ2v) is 2.29. The maximum absolute atomic E-state index is 5.22. The van der Waals surface area contributed by atoms with Gasteiger partial charge in [0, 0.05) is 5.92 Å². The third kappa shape index (κ3) is 1.26. The van der Waals surface area contributed by atoms with Gasteiger partial charge in [-0.2, -0.15) is 0 Å². The summed E-state index contributed by atoms with van der Waals surface area (Å²) in [6.07, 6.45) is 12.6. The second-order valence-electron chi connectivity index (χ2n) is 2.29. The fourth-order valence-corrected chi connectivity index (χ4v) is 1.10. The van der Waals surface area contributed by atoms with Gasteiger partial charge in [-0.1, -0.05) is 12.8 Å². The average molecular weight is 107 g/mol. The van der Waals surface area contributed by atoms with Gasteiger partial charge in [0.25, 0.3) is 0 Å². The minimum absolute atomic E-state index is 0.490. The fourth-order valence-electron chi connectivity index (χ4n) is 1.10. The summed E-state index contributed by atoms with van der Waals surface area (Å²) in [6.45, 7) is 0. The van der Waals surface area contributed by atoms with E-state index in [0.717, 1.165) is 0 Å². The van der Waals surface area contributed by atoms with Crippen LogP contribution < -0.4 is 0 Å². The molecule has 0 N–H and O–H groups in total. The van der Waals surface area contributed by atoms with Gasteiger partial charge in [0.05, 0.1) is 0 Å². The Bertz CT molecular complexity index is 91.1. The van der Waals surface area contributed by atoms with Crippen molar-refractivity contribution >= 4 is 0 Å². The Kier molecular flexibility index (Phi) is 1.97. The molecule has 43 valence electrons. The van der Waals surface area contributed by atoms with E-state index in [9.17, 15) is 0 Å². The van der Waals surface area contributed by atoms with E-state index in [1.54, 1.807) is 0 Å². The highest BCUT2D eigenvalue weighted by molar-refractivity contribution is 5.01. The largest absolute Gasteiger partial charge is 0.120 e. The Morgan fingerprint density at radius 3 is 2.75 bits per heavy atom. The molecule has 0 aromatic rings. The van der Waals surface area contributed by atoms with Crippen LogP contribution in [0.5, 0.6) is 0 Å². The smallest absolute Gasteiger partial charge is 0.0231 e. The van der Waals surface area contributed by atoms with Gasteiger partial charge in [-0.05, 0) is 19.3 Å². The van der Waals surface area contributed by atoms with Crippen molar-refractivity contribution in [1.29, 1.82) is 0 Å². The standard InChI is InChI=1S/C8H11/c1-2-8-6-4-3-5-7-8/h1,6,8H,3-5,7H2. The maximum atomic E-state index is 5.22. The molecule has 0 amide bonds. The zero-order valence-electron chi connectivity index (χ0n) is 5.06. The molecule has 0 aromatic carbocycles. The van der Waals surface area contributed by atoms with Crippen molar-refractivity contribution in [2.45, 2.75) is 25.7 Å². The summed E-state index contributed by atoms with van der Waals surface area (Å²) in [5, 5.41) is 0. The monoisotopic (exact) mass is 107 g/mol. The maximum Gasteiger partial charge on any atom is 0.0231 e. The molecule has 1 aliphatic carbocycles. The van der Waals surface area contributed by atoms with Crippen LogP contribution in [-0.2, 0) is 0 Å². The van der Waals surface area contributed by atoms with E-state index in [-0.39, 0.29) is 0 Å². The Labute approximate surface area is 51.3 Å². The minimum Gasteiger partial charge on any atom is -0.120 e. The van der Waals surface area contributed by atoms with Crippen LogP contribution in [0.25, 0.3) is 0 Å². The van der Waals surface area contributed by atoms with Crippen molar-refractivity contribution in [3.63, 3.8) is 0 Å². The summed E-state index contributed by atoms with van der Waals surface area (Å²) < 4.78 is 0. The summed E-state index contributed by atoms with van der Waals surface area (Å²) in [5.41, 5.74) is 0. The van der Waals surface area contributed by atoms with Crippen LogP contribution in [0.15, 0.2) is 0 Å². The highest BCUT2D eigenvalue weighted by atomic mass is 14.1. The molecule has 0 heterocycles. The summed E-state index contributed by atoms with van der Waals surface area (Å²) in [7, 11) is 0. The van der Waals surface area contributed by atoms with Gasteiger partial charge < -0.3 is 0 Å². The van der Waals surface area contributed by atoms with Gasteiger partial charge >= 0.3 is 0 Å². The van der Waals surface area contributed by atoms with Crippen LogP contribution in [-0.4, -0.2) is 0 Å². The van der Waals surface area contributed by atoms with Crippen molar-refractivity contribution in [2.24, 2.45) is 5.92 Å². The molecule has 0 heteroatoms. The SMILES string of the molecule is C#CC1[CH]CCCC1. The summed E-state index contributed by atoms with van der Waals surface area (Å²) in [6, 6.07) is 0. The number of hydrogen-bond acceptors (Lipinski definition) is 0. The summed E-state index contributed by atoms with van der Waals surface area (Å²) in [5.74, 6) is 3.24. The molecule has 1 radical (unpaired) electrons. The Balaban J connectivity index is 2.25. The van der Waals surface area contributed by atoms with Gasteiger partial charge in [0.2, 0.25) is 0 Å². The third-order valence-corrected chi connectivity index (χ3v) is 1.63. The molecular formula is C8H11. The first-order valence-corrected chi connectivity index (χ1v) is 3.23. The van der Waals surface area contributed by atoms with Crippen LogP contribution >= 0.6 is 0 Å². The molecule has 0 spiro atoms. The van der Waals surface area contributed by atoms with Crippen LogP contribution in [0.1, 0.15) is 25.7 Å². The van der Waals surface area contributed by atoms with Crippen LogP contribution in [0.3, 0.4) is 0 Å². The molecule has 1 unspecified atom stereocenters. The topological polar surface area (TPSA) is 0 Å². The molecular weight excluding hydrogens is 96.1 g/mol. The molecule has 1 rings (SSSR count). The molecule has 8 heavy (non-hydrogen) atoms. The Morgan fingerprint density at radius 1 is 1.50 bits per heavy atom. The lowest BCUT2D eigenvalue weighted by molar-refractivity contribution is 0.523. The van der Waals surface area contributed by atoms with Crippen molar-refractivity contribution < 1.29 is 0 Å². The van der Waals surface area contributed by atoms with Crippen molar-refractivity contribution in [3.05, 3.63) is 6.42 Å². The van der Waals surface area contributed by atoms with Crippen LogP contribution in [0.4, 0.5) is 0 Å². The predicted octanol–water partition coefficient (Wildman–Crippen LogP) is 2.01. The first kappa shape index (κ1) is 5.69. The average Bonchev–Trinajstić information content (AvgIpc) is 1.90. The minimum atomic E-state index is 0.490. The molecule has 1 atom stereocenters. The molecule has 0 saturated heterocycles. The van der Waals surface area contributed by atoms with E-state index < -0.39 is 0 Å². The van der Waals surface area contributed by atoms with E-state index in [1.165, 1.54) is 25.7 Å². The lowest BCUT2D eigenvalue weighted by atomic mass is 9.90. The van der Waals surface area contributed by atoms with E-state index in [2.05, 4.69) is 12.3 Å². The summed E-state index contributed by atoms with van der Waals surface area (Å²) in [4.78, 5) is 0. The number of hydrogen-bond donors (Lipinski definition) is 0. The zero-order valence-corrected chi connectivity index (χ0v) is 5.06. The molecule has 1 aliphatic rings. The lowest BCUT2D eigenvalue weighted by Gasteiger charge is -2.14. The van der Waals surface area contributed by atoms with Gasteiger partial charge in [-0.15, -0.1) is 12.3 Å². The van der Waals surface area contributed by atoms with Gasteiger partial charge in [0.15, 0.2) is 0 Å². The second kappa shape index (κ2) is 2.77. The fraction of sp³-hybridized carbons (Fsp3) is 0.625. The Morgan fingerprint density at radius 2 is 2.38 bits per heavy atom. The van der Waals surface area contributed by atoms with Gasteiger partial charge in [0.1, 0.15) is 0 Å². The van der Waals surface area contributed by atoms with E-state index in [0.29, 0.717) is 5.92 Å². The molecule has 1 fully saturated rings. The highest BCUT2D eigenvalue weighted by Crippen LogP contribution is 2.21. The highest BCUT2D eigenvalue weighted by Gasteiger charge is 2.09. The van der Waals surface area contributed by atoms with Gasteiger partial charge in [-0.25, -0.2) is 0 Å². The van der Waals surface area contributed by atoms with Crippen molar-refractivity contribution in [2.75, 3.05) is 0 Å². The third-order valence-electron chi connectivity index (χ3n) is 1.63. The van der Waals surface area contributed by atoms with Crippen molar-refractivity contribution in [1.82, 2.24) is 0 Å². The van der Waals surface area contributed by atoms with E-state index in [4.69, 9.17) is 6.42 Å². The predicted molar refractivity (Wildman–Crippen MR) is 35.1 cm³/mol. The number of rotatable bonds is 0. The summed E-state index contributed by atoms with van der Waals surface area (Å²) >= 11 is 0. The zero-order chi connectivity index (χ0) is 5.82. The molecule has 0 aromatic heterocycles. The first-order valence-electron chi connectivity index (χ1n) is 3.23. The van der Waals surface area contributed by atoms with E-state index >= 15 is 0 Å². The molecule has 1 saturated carbocycles. The van der Waals surface area contributed by atoms with E-state index in [1.807, 2.05) is 0 Å². The first-order chi connectivity index (χ1) is 3.93. The molecule has 0 bridgehead atoms. The Hall–Kier alpha value is -0.440. The lowest BCUT2D eigenvalue weighted by Crippen LogP contribution is -2.03. The van der Waals surface area contributed by atoms with Gasteiger partial charge in [-0.3, -0.25) is 0 Å². The van der Waals surface area contributed by atoms with Crippen molar-refractivity contribution in [3.8, 4) is 12.3 Å². The molecule has 0 aliphatic heterocycles. The molecule has 0 nitrogen and oxygen atoms in total. The quantitative estimate of drug-likeness (QED) is 0.415. The van der Waals surface area contributed by atoms with Crippen LogP contribution in [0, 0.1) is 24.7 Å². The number of terminal acetylenes is 1.